The fourth-order valence-corrected chi connectivity index (χ4v) is 8.32. The van der Waals surface area contributed by atoms with Crippen LogP contribution in [-0.2, 0) is 18.9 Å². The zero-order valence-electron chi connectivity index (χ0n) is 28.9. The molecule has 8 bridgehead atoms. The monoisotopic (exact) mass is 631 g/mol. The Bertz CT molecular complexity index is 1500. The second kappa shape index (κ2) is 13.4. The van der Waals surface area contributed by atoms with Crippen molar-refractivity contribution in [3.8, 4) is 0 Å². The van der Waals surface area contributed by atoms with E-state index in [2.05, 4.69) is 65.1 Å². The summed E-state index contributed by atoms with van der Waals surface area (Å²) in [5, 5.41) is 14.8. The molecule has 7 heteroatoms. The SMILES string of the molecule is Cc1nnc2c3cc(N4CCCCC4)c(cc13)CC(C)(C)CCCCCC(C)(C)N1CCC(CC1)C(F)(F)c1cccc(c1)CN2. The predicted octanol–water partition coefficient (Wildman–Crippen LogP) is 9.66. The van der Waals surface area contributed by atoms with Crippen LogP contribution in [0.2, 0.25) is 0 Å². The van der Waals surface area contributed by atoms with Crippen LogP contribution in [0.25, 0.3) is 10.8 Å². The second-order valence-electron chi connectivity index (χ2n) is 15.9. The quantitative estimate of drug-likeness (QED) is 0.290. The molecule has 6 aliphatic rings. The summed E-state index contributed by atoms with van der Waals surface area (Å²) in [7, 11) is 0. The van der Waals surface area contributed by atoms with Crippen molar-refractivity contribution in [1.29, 1.82) is 0 Å². The van der Waals surface area contributed by atoms with E-state index in [0.717, 1.165) is 66.9 Å². The van der Waals surface area contributed by atoms with Crippen LogP contribution < -0.4 is 10.2 Å². The third-order valence-corrected chi connectivity index (χ3v) is 11.3. The summed E-state index contributed by atoms with van der Waals surface area (Å²) >= 11 is 0. The van der Waals surface area contributed by atoms with Gasteiger partial charge >= 0.3 is 0 Å². The Hall–Kier alpha value is -2.80. The minimum atomic E-state index is -2.86. The Morgan fingerprint density at radius 1 is 0.804 bits per heavy atom. The molecular weight excluding hydrogens is 576 g/mol. The highest BCUT2D eigenvalue weighted by Crippen LogP contribution is 2.43. The van der Waals surface area contributed by atoms with Gasteiger partial charge in [0.05, 0.1) is 5.69 Å². The van der Waals surface area contributed by atoms with Gasteiger partial charge in [0.2, 0.25) is 0 Å². The Labute approximate surface area is 275 Å². The number of alkyl halides is 2. The summed E-state index contributed by atoms with van der Waals surface area (Å²) in [5.41, 5.74) is 4.81. The van der Waals surface area contributed by atoms with Crippen LogP contribution in [-0.4, -0.2) is 46.8 Å². The molecule has 0 amide bonds. The molecule has 9 rings (SSSR count). The van der Waals surface area contributed by atoms with Crippen molar-refractivity contribution in [3.63, 3.8) is 0 Å². The van der Waals surface area contributed by atoms with Crippen molar-refractivity contribution in [2.75, 3.05) is 36.4 Å². The highest BCUT2D eigenvalue weighted by molar-refractivity contribution is 5.96. The Kier molecular flexibility index (Phi) is 9.62. The van der Waals surface area contributed by atoms with Crippen molar-refractivity contribution < 1.29 is 8.78 Å². The number of nitrogens with zero attached hydrogens (tertiary/aromatic N) is 4. The molecule has 5 nitrogen and oxygen atoms in total. The number of benzene rings is 2. The number of halogens is 2. The summed E-state index contributed by atoms with van der Waals surface area (Å²) in [6.45, 7) is 15.6. The van der Waals surface area contributed by atoms with E-state index in [4.69, 9.17) is 0 Å². The molecular formula is C39H55F2N5. The van der Waals surface area contributed by atoms with Gasteiger partial charge in [-0.05, 0) is 120 Å². The van der Waals surface area contributed by atoms with Crippen molar-refractivity contribution in [3.05, 3.63) is 58.8 Å². The highest BCUT2D eigenvalue weighted by Gasteiger charge is 2.44. The van der Waals surface area contributed by atoms with E-state index < -0.39 is 11.8 Å². The molecule has 7 heterocycles. The second-order valence-corrected chi connectivity index (χ2v) is 15.9. The summed E-state index contributed by atoms with van der Waals surface area (Å²) < 4.78 is 32.0. The molecule has 46 heavy (non-hydrogen) atoms. The standard InChI is InChI=1S/C39H55F2N5/c1-28-33-24-30-26-37(2,3)17-8-6-9-18-38(4,5)46-21-15-31(16-22-46)39(40,41)32-14-12-13-29(23-32)27-42-36(44-43-28)34(33)25-35(30)45-19-10-7-11-20-45/h12-14,23-25,31H,6-11,15-22,26-27H2,1-5H3,(H,42,44). The van der Waals surface area contributed by atoms with Crippen LogP contribution in [0.4, 0.5) is 20.3 Å². The Morgan fingerprint density at radius 2 is 1.52 bits per heavy atom. The zero-order chi connectivity index (χ0) is 32.5. The van der Waals surface area contributed by atoms with Gasteiger partial charge < -0.3 is 10.2 Å². The van der Waals surface area contributed by atoms with Crippen LogP contribution in [0.3, 0.4) is 0 Å². The first kappa shape index (κ1) is 33.1. The van der Waals surface area contributed by atoms with Gasteiger partial charge in [0.1, 0.15) is 0 Å². The summed E-state index contributed by atoms with van der Waals surface area (Å²) in [5.74, 6) is -2.78. The normalized spacial score (nSPS) is 25.4. The van der Waals surface area contributed by atoms with Crippen molar-refractivity contribution in [2.45, 2.75) is 123 Å². The van der Waals surface area contributed by atoms with Gasteiger partial charge in [0.15, 0.2) is 5.82 Å². The largest absolute Gasteiger partial charge is 0.371 e. The zero-order valence-corrected chi connectivity index (χ0v) is 28.9. The first-order chi connectivity index (χ1) is 21.9. The first-order valence-electron chi connectivity index (χ1n) is 17.9. The van der Waals surface area contributed by atoms with E-state index in [1.807, 2.05) is 13.0 Å². The summed E-state index contributed by atoms with van der Waals surface area (Å²) in [6, 6.07) is 11.7. The number of nitrogens with one attached hydrogen (secondary N) is 1. The van der Waals surface area contributed by atoms with Gasteiger partial charge in [0, 0.05) is 53.1 Å². The number of aromatic nitrogens is 2. The molecule has 0 unspecified atom stereocenters. The van der Waals surface area contributed by atoms with E-state index in [-0.39, 0.29) is 16.5 Å². The molecule has 1 aromatic heterocycles. The molecule has 0 radical (unpaired) electrons. The van der Waals surface area contributed by atoms with Gasteiger partial charge in [-0.15, -0.1) is 5.10 Å². The molecule has 250 valence electrons. The topological polar surface area (TPSA) is 44.3 Å². The highest BCUT2D eigenvalue weighted by atomic mass is 19.3. The van der Waals surface area contributed by atoms with Crippen LogP contribution in [0.5, 0.6) is 0 Å². The minimum Gasteiger partial charge on any atom is -0.371 e. The average molecular weight is 632 g/mol. The number of aryl methyl sites for hydroxylation is 1. The van der Waals surface area contributed by atoms with E-state index in [9.17, 15) is 0 Å². The van der Waals surface area contributed by atoms with Crippen molar-refractivity contribution in [2.24, 2.45) is 11.3 Å². The third-order valence-electron chi connectivity index (χ3n) is 11.3. The maximum Gasteiger partial charge on any atom is 0.276 e. The molecule has 2 fully saturated rings. The lowest BCUT2D eigenvalue weighted by Gasteiger charge is -2.44. The number of rotatable bonds is 1. The molecule has 0 spiro atoms. The van der Waals surface area contributed by atoms with Gasteiger partial charge in [0.25, 0.3) is 5.92 Å². The van der Waals surface area contributed by atoms with Crippen LogP contribution in [0, 0.1) is 18.3 Å². The van der Waals surface area contributed by atoms with Crippen LogP contribution >= 0.6 is 0 Å². The number of anilines is 2. The summed E-state index contributed by atoms with van der Waals surface area (Å²) in [4.78, 5) is 5.04. The lowest BCUT2D eigenvalue weighted by Crippen LogP contribution is -2.49. The van der Waals surface area contributed by atoms with Crippen LogP contribution in [0.15, 0.2) is 36.4 Å². The van der Waals surface area contributed by atoms with Gasteiger partial charge in [-0.3, -0.25) is 4.90 Å². The molecule has 0 saturated carbocycles. The third kappa shape index (κ3) is 7.19. The van der Waals surface area contributed by atoms with Crippen molar-refractivity contribution >= 4 is 22.3 Å². The lowest BCUT2D eigenvalue weighted by atomic mass is 9.79. The summed E-state index contributed by atoms with van der Waals surface area (Å²) in [6.07, 6.45) is 11.7. The average Bonchev–Trinajstić information content (AvgIpc) is 3.04. The van der Waals surface area contributed by atoms with E-state index in [0.29, 0.717) is 19.4 Å². The maximum absolute atomic E-state index is 16.0. The fourth-order valence-electron chi connectivity index (χ4n) is 8.32. The van der Waals surface area contributed by atoms with Crippen LogP contribution in [0.1, 0.15) is 114 Å². The molecule has 0 aliphatic carbocycles. The molecule has 3 aromatic rings. The molecule has 2 aromatic carbocycles. The number of piperidine rings is 2. The number of hydrogen-bond acceptors (Lipinski definition) is 5. The smallest absolute Gasteiger partial charge is 0.276 e. The molecule has 1 N–H and O–H groups in total. The van der Waals surface area contributed by atoms with Crippen molar-refractivity contribution in [1.82, 2.24) is 15.1 Å². The Balaban J connectivity index is 1.37. The maximum atomic E-state index is 16.0. The fraction of sp³-hybridized carbons (Fsp3) is 0.641. The molecule has 6 aliphatic heterocycles. The van der Waals surface area contributed by atoms with E-state index in [1.165, 1.54) is 56.2 Å². The van der Waals surface area contributed by atoms with E-state index >= 15 is 8.78 Å². The number of hydrogen-bond donors (Lipinski definition) is 1. The van der Waals surface area contributed by atoms with Gasteiger partial charge in [-0.25, -0.2) is 8.78 Å². The predicted molar refractivity (Wildman–Crippen MR) is 187 cm³/mol. The van der Waals surface area contributed by atoms with E-state index in [1.54, 1.807) is 18.2 Å². The van der Waals surface area contributed by atoms with Gasteiger partial charge in [-0.2, -0.15) is 5.10 Å². The Morgan fingerprint density at radius 3 is 2.28 bits per heavy atom. The molecule has 2 saturated heterocycles. The molecule has 0 atom stereocenters. The minimum absolute atomic E-state index is 0.0308. The lowest BCUT2D eigenvalue weighted by molar-refractivity contribution is -0.0937. The first-order valence-corrected chi connectivity index (χ1v) is 17.9. The van der Waals surface area contributed by atoms with Gasteiger partial charge in [-0.1, -0.05) is 51.3 Å².